The molecule has 78 valence electrons. The van der Waals surface area contributed by atoms with Crippen LogP contribution >= 0.6 is 0 Å². The maximum Gasteiger partial charge on any atom is 0.138 e. The Balaban J connectivity index is 2.98. The van der Waals surface area contributed by atoms with Crippen molar-refractivity contribution in [1.29, 1.82) is 0 Å². The molecule has 2 N–H and O–H groups in total. The quantitative estimate of drug-likeness (QED) is 0.719. The standard InChI is InChI=1S/C12H19NO/c1-4-9(5-2)10-6-7-12(14)11(8-10)13-3/h6-9,13-14H,4-5H2,1-3H3. The van der Waals surface area contributed by atoms with Gasteiger partial charge in [-0.05, 0) is 36.5 Å². The van der Waals surface area contributed by atoms with E-state index in [1.54, 1.807) is 6.07 Å². The number of hydrogen-bond donors (Lipinski definition) is 2. The molecule has 0 aliphatic rings. The highest BCUT2D eigenvalue weighted by molar-refractivity contribution is 5.57. The van der Waals surface area contributed by atoms with Crippen LogP contribution in [0.5, 0.6) is 5.75 Å². The monoisotopic (exact) mass is 193 g/mol. The maximum absolute atomic E-state index is 9.50. The normalized spacial score (nSPS) is 10.6. The summed E-state index contributed by atoms with van der Waals surface area (Å²) in [6.45, 7) is 4.39. The lowest BCUT2D eigenvalue weighted by atomic mass is 9.93. The van der Waals surface area contributed by atoms with E-state index in [4.69, 9.17) is 0 Å². The summed E-state index contributed by atoms with van der Waals surface area (Å²) in [5.41, 5.74) is 2.12. The van der Waals surface area contributed by atoms with Crippen LogP contribution in [0.3, 0.4) is 0 Å². The second-order valence-electron chi connectivity index (χ2n) is 3.54. The van der Waals surface area contributed by atoms with Gasteiger partial charge in [0, 0.05) is 7.05 Å². The number of aromatic hydroxyl groups is 1. The van der Waals surface area contributed by atoms with E-state index in [2.05, 4.69) is 19.2 Å². The predicted molar refractivity (Wildman–Crippen MR) is 61.0 cm³/mol. The lowest BCUT2D eigenvalue weighted by molar-refractivity contribution is 0.477. The number of nitrogens with one attached hydrogen (secondary N) is 1. The van der Waals surface area contributed by atoms with Gasteiger partial charge in [0.1, 0.15) is 5.75 Å². The fourth-order valence-electron chi connectivity index (χ4n) is 1.77. The first kappa shape index (κ1) is 10.9. The van der Waals surface area contributed by atoms with E-state index in [1.807, 2.05) is 19.2 Å². The van der Waals surface area contributed by atoms with Crippen LogP contribution in [-0.4, -0.2) is 12.2 Å². The highest BCUT2D eigenvalue weighted by atomic mass is 16.3. The Morgan fingerprint density at radius 1 is 1.29 bits per heavy atom. The van der Waals surface area contributed by atoms with Crippen LogP contribution in [-0.2, 0) is 0 Å². The van der Waals surface area contributed by atoms with Crippen molar-refractivity contribution in [2.45, 2.75) is 32.6 Å². The molecule has 0 amide bonds. The summed E-state index contributed by atoms with van der Waals surface area (Å²) in [5, 5.41) is 12.5. The molecule has 0 bridgehead atoms. The van der Waals surface area contributed by atoms with Crippen molar-refractivity contribution in [3.05, 3.63) is 23.8 Å². The highest BCUT2D eigenvalue weighted by Crippen LogP contribution is 2.30. The Morgan fingerprint density at radius 3 is 2.43 bits per heavy atom. The topological polar surface area (TPSA) is 32.3 Å². The van der Waals surface area contributed by atoms with E-state index in [1.165, 1.54) is 5.56 Å². The molecule has 1 aromatic rings. The van der Waals surface area contributed by atoms with E-state index in [0.717, 1.165) is 18.5 Å². The van der Waals surface area contributed by atoms with E-state index >= 15 is 0 Å². The van der Waals surface area contributed by atoms with Gasteiger partial charge in [-0.1, -0.05) is 19.9 Å². The lowest BCUT2D eigenvalue weighted by Gasteiger charge is -2.14. The van der Waals surface area contributed by atoms with E-state index < -0.39 is 0 Å². The summed E-state index contributed by atoms with van der Waals surface area (Å²) in [5.74, 6) is 0.921. The summed E-state index contributed by atoms with van der Waals surface area (Å²) >= 11 is 0. The predicted octanol–water partition coefficient (Wildman–Crippen LogP) is 3.34. The largest absolute Gasteiger partial charge is 0.506 e. The molecule has 0 unspecified atom stereocenters. The fourth-order valence-corrected chi connectivity index (χ4v) is 1.77. The molecule has 1 aromatic carbocycles. The molecular formula is C12H19NO. The minimum Gasteiger partial charge on any atom is -0.506 e. The molecule has 0 spiro atoms. The molecule has 0 aromatic heterocycles. The van der Waals surface area contributed by atoms with Gasteiger partial charge in [0.05, 0.1) is 5.69 Å². The zero-order chi connectivity index (χ0) is 10.6. The first-order chi connectivity index (χ1) is 6.72. The summed E-state index contributed by atoms with van der Waals surface area (Å²) in [6.07, 6.45) is 2.29. The second-order valence-corrected chi connectivity index (χ2v) is 3.54. The molecule has 2 nitrogen and oxygen atoms in total. The molecular weight excluding hydrogens is 174 g/mol. The third-order valence-corrected chi connectivity index (χ3v) is 2.75. The van der Waals surface area contributed by atoms with Gasteiger partial charge in [-0.3, -0.25) is 0 Å². The molecule has 1 rings (SSSR count). The smallest absolute Gasteiger partial charge is 0.138 e. The van der Waals surface area contributed by atoms with Crippen LogP contribution in [0, 0.1) is 0 Å². The SMILES string of the molecule is CCC(CC)c1ccc(O)c(NC)c1. The third-order valence-electron chi connectivity index (χ3n) is 2.75. The molecule has 0 atom stereocenters. The summed E-state index contributed by atoms with van der Waals surface area (Å²) in [4.78, 5) is 0. The maximum atomic E-state index is 9.50. The molecule has 0 aliphatic carbocycles. The third kappa shape index (κ3) is 2.19. The van der Waals surface area contributed by atoms with Gasteiger partial charge < -0.3 is 10.4 Å². The van der Waals surface area contributed by atoms with Crippen molar-refractivity contribution in [2.24, 2.45) is 0 Å². The van der Waals surface area contributed by atoms with Gasteiger partial charge in [-0.2, -0.15) is 0 Å². The van der Waals surface area contributed by atoms with Crippen molar-refractivity contribution in [3.8, 4) is 5.75 Å². The summed E-state index contributed by atoms with van der Waals surface area (Å²) < 4.78 is 0. The zero-order valence-electron chi connectivity index (χ0n) is 9.17. The number of rotatable bonds is 4. The number of benzene rings is 1. The van der Waals surface area contributed by atoms with E-state index in [0.29, 0.717) is 11.7 Å². The zero-order valence-corrected chi connectivity index (χ0v) is 9.17. The molecule has 0 aliphatic heterocycles. The van der Waals surface area contributed by atoms with Crippen LogP contribution < -0.4 is 5.32 Å². The first-order valence-corrected chi connectivity index (χ1v) is 5.23. The van der Waals surface area contributed by atoms with Gasteiger partial charge in [0.15, 0.2) is 0 Å². The molecule has 2 heteroatoms. The molecule has 0 heterocycles. The Labute approximate surface area is 86.0 Å². The van der Waals surface area contributed by atoms with Crippen LogP contribution in [0.25, 0.3) is 0 Å². The minimum atomic E-state index is 0.321. The van der Waals surface area contributed by atoms with Crippen LogP contribution in [0.15, 0.2) is 18.2 Å². The molecule has 0 saturated carbocycles. The average molecular weight is 193 g/mol. The Morgan fingerprint density at radius 2 is 1.93 bits per heavy atom. The summed E-state index contributed by atoms with van der Waals surface area (Å²) in [7, 11) is 1.83. The van der Waals surface area contributed by atoms with Crippen LogP contribution in [0.1, 0.15) is 38.2 Å². The van der Waals surface area contributed by atoms with Gasteiger partial charge in [0.2, 0.25) is 0 Å². The van der Waals surface area contributed by atoms with Crippen molar-refractivity contribution in [1.82, 2.24) is 0 Å². The van der Waals surface area contributed by atoms with Crippen molar-refractivity contribution < 1.29 is 5.11 Å². The molecule has 0 fully saturated rings. The number of anilines is 1. The average Bonchev–Trinajstić information content (AvgIpc) is 2.22. The Bertz CT molecular complexity index is 292. The summed E-state index contributed by atoms with van der Waals surface area (Å²) in [6, 6.07) is 5.81. The van der Waals surface area contributed by atoms with Crippen molar-refractivity contribution in [3.63, 3.8) is 0 Å². The van der Waals surface area contributed by atoms with Crippen LogP contribution in [0.4, 0.5) is 5.69 Å². The number of hydrogen-bond acceptors (Lipinski definition) is 2. The second kappa shape index (κ2) is 4.89. The first-order valence-electron chi connectivity index (χ1n) is 5.23. The van der Waals surface area contributed by atoms with Gasteiger partial charge >= 0.3 is 0 Å². The van der Waals surface area contributed by atoms with Crippen molar-refractivity contribution >= 4 is 5.69 Å². The van der Waals surface area contributed by atoms with E-state index in [-0.39, 0.29) is 0 Å². The highest BCUT2D eigenvalue weighted by Gasteiger charge is 2.08. The van der Waals surface area contributed by atoms with Gasteiger partial charge in [0.25, 0.3) is 0 Å². The minimum absolute atomic E-state index is 0.321. The molecule has 0 radical (unpaired) electrons. The lowest BCUT2D eigenvalue weighted by Crippen LogP contribution is -1.97. The van der Waals surface area contributed by atoms with Crippen LogP contribution in [0.2, 0.25) is 0 Å². The van der Waals surface area contributed by atoms with Crippen molar-refractivity contribution in [2.75, 3.05) is 12.4 Å². The Kier molecular flexibility index (Phi) is 3.81. The van der Waals surface area contributed by atoms with Gasteiger partial charge in [-0.25, -0.2) is 0 Å². The van der Waals surface area contributed by atoms with E-state index in [9.17, 15) is 5.11 Å². The van der Waals surface area contributed by atoms with Gasteiger partial charge in [-0.15, -0.1) is 0 Å². The number of phenolic OH excluding ortho intramolecular Hbond substituents is 1. The molecule has 0 saturated heterocycles. The fraction of sp³-hybridized carbons (Fsp3) is 0.500. The Hall–Kier alpha value is -1.18. The number of phenols is 1. The molecule has 14 heavy (non-hydrogen) atoms.